The maximum absolute atomic E-state index is 12.6. The number of benzene rings is 2. The number of hydrogen-bond donors (Lipinski definition) is 1. The molecule has 4 nitrogen and oxygen atoms in total. The number of halogens is 3. The lowest BCUT2D eigenvalue weighted by Crippen LogP contribution is -2.41. The summed E-state index contributed by atoms with van der Waals surface area (Å²) in [6.45, 7) is 0.144. The standard InChI is InChI=1S/C18H21F3N2O2S/c1-23(2)16(12-14-6-4-3-5-7-14)13-22-26(24,25)17-10-8-15(9-11-17)18(19,20)21/h3-11,16,22H,12-13H2,1-2H3. The van der Waals surface area contributed by atoms with Crippen LogP contribution in [0.2, 0.25) is 0 Å². The van der Waals surface area contributed by atoms with E-state index in [-0.39, 0.29) is 17.5 Å². The minimum absolute atomic E-state index is 0.0957. The van der Waals surface area contributed by atoms with Gasteiger partial charge in [0.15, 0.2) is 0 Å². The normalized spacial score (nSPS) is 13.8. The van der Waals surface area contributed by atoms with E-state index in [0.29, 0.717) is 6.42 Å². The fourth-order valence-corrected chi connectivity index (χ4v) is 3.51. The molecule has 1 N–H and O–H groups in total. The van der Waals surface area contributed by atoms with E-state index in [1.165, 1.54) is 0 Å². The molecular formula is C18H21F3N2O2S. The van der Waals surface area contributed by atoms with Crippen LogP contribution in [-0.4, -0.2) is 40.0 Å². The molecule has 0 saturated heterocycles. The molecule has 0 radical (unpaired) electrons. The number of nitrogens with zero attached hydrogens (tertiary/aromatic N) is 1. The zero-order valence-corrected chi connectivity index (χ0v) is 15.3. The average molecular weight is 386 g/mol. The molecular weight excluding hydrogens is 365 g/mol. The maximum atomic E-state index is 12.6. The van der Waals surface area contributed by atoms with E-state index >= 15 is 0 Å². The second kappa shape index (κ2) is 8.20. The third kappa shape index (κ3) is 5.55. The Hall–Kier alpha value is -1.90. The average Bonchev–Trinajstić information content (AvgIpc) is 2.58. The fraction of sp³-hybridized carbons (Fsp3) is 0.333. The number of nitrogens with one attached hydrogen (secondary N) is 1. The highest BCUT2D eigenvalue weighted by Gasteiger charge is 2.30. The van der Waals surface area contributed by atoms with Gasteiger partial charge in [0, 0.05) is 12.6 Å². The third-order valence-corrected chi connectivity index (χ3v) is 5.48. The van der Waals surface area contributed by atoms with Crippen LogP contribution in [0, 0.1) is 0 Å². The molecule has 0 heterocycles. The lowest BCUT2D eigenvalue weighted by Gasteiger charge is -2.24. The van der Waals surface area contributed by atoms with Gasteiger partial charge < -0.3 is 4.90 Å². The Labute approximate surface area is 151 Å². The molecule has 0 amide bonds. The SMILES string of the molecule is CN(C)C(CNS(=O)(=O)c1ccc(C(F)(F)F)cc1)Cc1ccccc1. The Bertz CT molecular complexity index is 805. The first-order valence-electron chi connectivity index (χ1n) is 7.97. The van der Waals surface area contributed by atoms with Gasteiger partial charge in [-0.05, 0) is 50.3 Å². The molecule has 2 aromatic rings. The fourth-order valence-electron chi connectivity index (χ4n) is 2.44. The first-order chi connectivity index (χ1) is 12.1. The molecule has 2 aromatic carbocycles. The summed E-state index contributed by atoms with van der Waals surface area (Å²) >= 11 is 0. The largest absolute Gasteiger partial charge is 0.416 e. The highest BCUT2D eigenvalue weighted by Crippen LogP contribution is 2.29. The zero-order valence-electron chi connectivity index (χ0n) is 14.5. The molecule has 0 fully saturated rings. The van der Waals surface area contributed by atoms with Crippen molar-refractivity contribution in [2.45, 2.75) is 23.5 Å². The topological polar surface area (TPSA) is 49.4 Å². The summed E-state index contributed by atoms with van der Waals surface area (Å²) in [5, 5.41) is 0. The summed E-state index contributed by atoms with van der Waals surface area (Å²) < 4.78 is 65.0. The van der Waals surface area contributed by atoms with E-state index in [1.807, 2.05) is 49.3 Å². The van der Waals surface area contributed by atoms with E-state index in [9.17, 15) is 21.6 Å². The van der Waals surface area contributed by atoms with E-state index in [0.717, 1.165) is 29.8 Å². The summed E-state index contributed by atoms with van der Waals surface area (Å²) in [5.41, 5.74) is 0.187. The van der Waals surface area contributed by atoms with Crippen molar-refractivity contribution < 1.29 is 21.6 Å². The van der Waals surface area contributed by atoms with Crippen LogP contribution < -0.4 is 4.72 Å². The lowest BCUT2D eigenvalue weighted by molar-refractivity contribution is -0.137. The highest BCUT2D eigenvalue weighted by atomic mass is 32.2. The molecule has 26 heavy (non-hydrogen) atoms. The molecule has 0 aliphatic heterocycles. The van der Waals surface area contributed by atoms with E-state index in [4.69, 9.17) is 0 Å². The van der Waals surface area contributed by atoms with Gasteiger partial charge in [-0.1, -0.05) is 30.3 Å². The Morgan fingerprint density at radius 1 is 1.00 bits per heavy atom. The number of rotatable bonds is 7. The Morgan fingerprint density at radius 2 is 1.58 bits per heavy atom. The monoisotopic (exact) mass is 386 g/mol. The van der Waals surface area contributed by atoms with Crippen molar-refractivity contribution in [1.82, 2.24) is 9.62 Å². The van der Waals surface area contributed by atoms with Crippen molar-refractivity contribution in [2.24, 2.45) is 0 Å². The first-order valence-corrected chi connectivity index (χ1v) is 9.45. The van der Waals surface area contributed by atoms with Crippen molar-refractivity contribution in [3.63, 3.8) is 0 Å². The second-order valence-corrected chi connectivity index (χ2v) is 7.95. The smallest absolute Gasteiger partial charge is 0.305 e. The van der Waals surface area contributed by atoms with Crippen LogP contribution in [0.3, 0.4) is 0 Å². The van der Waals surface area contributed by atoms with Gasteiger partial charge in [-0.2, -0.15) is 13.2 Å². The highest BCUT2D eigenvalue weighted by molar-refractivity contribution is 7.89. The van der Waals surface area contributed by atoms with E-state index in [2.05, 4.69) is 4.72 Å². The molecule has 0 aliphatic carbocycles. The Kier molecular flexibility index (Phi) is 6.44. The van der Waals surface area contributed by atoms with E-state index < -0.39 is 21.8 Å². The van der Waals surface area contributed by atoms with Gasteiger partial charge in [-0.15, -0.1) is 0 Å². The minimum Gasteiger partial charge on any atom is -0.305 e. The molecule has 0 saturated carbocycles. The number of likely N-dealkylation sites (N-methyl/N-ethyl adjacent to an activating group) is 1. The van der Waals surface area contributed by atoms with Gasteiger partial charge in [0.25, 0.3) is 0 Å². The van der Waals surface area contributed by atoms with Crippen LogP contribution >= 0.6 is 0 Å². The van der Waals surface area contributed by atoms with Crippen LogP contribution in [0.4, 0.5) is 13.2 Å². The summed E-state index contributed by atoms with van der Waals surface area (Å²) in [4.78, 5) is 1.71. The molecule has 1 atom stereocenters. The van der Waals surface area contributed by atoms with Gasteiger partial charge in [-0.25, -0.2) is 13.1 Å². The maximum Gasteiger partial charge on any atom is 0.416 e. The zero-order chi connectivity index (χ0) is 19.4. The molecule has 0 bridgehead atoms. The Balaban J connectivity index is 2.07. The van der Waals surface area contributed by atoms with Gasteiger partial charge in [0.2, 0.25) is 10.0 Å². The lowest BCUT2D eigenvalue weighted by atomic mass is 10.1. The summed E-state index contributed by atoms with van der Waals surface area (Å²) in [6, 6.07) is 13.0. The van der Waals surface area contributed by atoms with Gasteiger partial charge in [-0.3, -0.25) is 0 Å². The van der Waals surface area contributed by atoms with Gasteiger partial charge >= 0.3 is 6.18 Å². The summed E-state index contributed by atoms with van der Waals surface area (Å²) in [7, 11) is -0.193. The Morgan fingerprint density at radius 3 is 2.08 bits per heavy atom. The molecule has 0 aliphatic rings. The predicted molar refractivity (Wildman–Crippen MR) is 94.3 cm³/mol. The predicted octanol–water partition coefficient (Wildman–Crippen LogP) is 3.16. The molecule has 0 spiro atoms. The summed E-state index contributed by atoms with van der Waals surface area (Å²) in [5.74, 6) is 0. The third-order valence-electron chi connectivity index (χ3n) is 4.05. The first kappa shape index (κ1) is 20.4. The van der Waals surface area contributed by atoms with Crippen LogP contribution in [0.5, 0.6) is 0 Å². The van der Waals surface area contributed by atoms with Crippen molar-refractivity contribution >= 4 is 10.0 Å². The summed E-state index contributed by atoms with van der Waals surface area (Å²) in [6.07, 6.45) is -3.86. The van der Waals surface area contributed by atoms with Crippen molar-refractivity contribution in [2.75, 3.05) is 20.6 Å². The van der Waals surface area contributed by atoms with Gasteiger partial charge in [0.05, 0.1) is 10.5 Å². The van der Waals surface area contributed by atoms with Gasteiger partial charge in [0.1, 0.15) is 0 Å². The van der Waals surface area contributed by atoms with Crippen LogP contribution in [0.15, 0.2) is 59.5 Å². The van der Waals surface area contributed by atoms with Crippen LogP contribution in [0.25, 0.3) is 0 Å². The quantitative estimate of drug-likeness (QED) is 0.795. The number of sulfonamides is 1. The molecule has 1 unspecified atom stereocenters. The number of alkyl halides is 3. The van der Waals surface area contributed by atoms with Crippen molar-refractivity contribution in [1.29, 1.82) is 0 Å². The van der Waals surface area contributed by atoms with Crippen LogP contribution in [0.1, 0.15) is 11.1 Å². The number of hydrogen-bond acceptors (Lipinski definition) is 3. The van der Waals surface area contributed by atoms with Crippen molar-refractivity contribution in [3.05, 3.63) is 65.7 Å². The molecule has 8 heteroatoms. The molecule has 2 rings (SSSR count). The molecule has 142 valence electrons. The van der Waals surface area contributed by atoms with Crippen molar-refractivity contribution in [3.8, 4) is 0 Å². The van der Waals surface area contributed by atoms with E-state index in [1.54, 1.807) is 0 Å². The molecule has 0 aromatic heterocycles. The van der Waals surface area contributed by atoms with Crippen LogP contribution in [-0.2, 0) is 22.6 Å². The minimum atomic E-state index is -4.50. The second-order valence-electron chi connectivity index (χ2n) is 6.18.